The molecule has 0 atom stereocenters. The second-order valence-electron chi connectivity index (χ2n) is 4.39. The van der Waals surface area contributed by atoms with Gasteiger partial charge in [-0.1, -0.05) is 6.92 Å². The van der Waals surface area contributed by atoms with Crippen LogP contribution in [-0.4, -0.2) is 25.7 Å². The number of hydrogen-bond donors (Lipinski definition) is 1. The van der Waals surface area contributed by atoms with Crippen molar-refractivity contribution in [1.29, 1.82) is 0 Å². The number of benzene rings is 1. The molecule has 1 N–H and O–H groups in total. The van der Waals surface area contributed by atoms with Gasteiger partial charge < -0.3 is 14.8 Å². The van der Waals surface area contributed by atoms with Crippen LogP contribution in [0.3, 0.4) is 0 Å². The third-order valence-electron chi connectivity index (χ3n) is 2.78. The van der Waals surface area contributed by atoms with E-state index in [4.69, 9.17) is 9.47 Å². The summed E-state index contributed by atoms with van der Waals surface area (Å²) in [5, 5.41) is 6.18. The first-order valence-electron chi connectivity index (χ1n) is 6.68. The van der Waals surface area contributed by atoms with Gasteiger partial charge in [0.05, 0.1) is 19.4 Å². The van der Waals surface area contributed by atoms with Crippen molar-refractivity contribution < 1.29 is 9.47 Å². The maximum absolute atomic E-state index is 5.73. The van der Waals surface area contributed by atoms with Gasteiger partial charge in [-0.15, -0.1) is 11.3 Å². The Morgan fingerprint density at radius 2 is 2.15 bits per heavy atom. The van der Waals surface area contributed by atoms with Crippen LogP contribution in [0.5, 0.6) is 11.5 Å². The molecular weight excluding hydrogens is 272 g/mol. The smallest absolute Gasteiger partial charge is 0.161 e. The van der Waals surface area contributed by atoms with E-state index in [0.717, 1.165) is 40.7 Å². The highest BCUT2D eigenvalue weighted by Gasteiger charge is 2.10. The van der Waals surface area contributed by atoms with E-state index in [0.29, 0.717) is 6.61 Å². The van der Waals surface area contributed by atoms with Crippen LogP contribution >= 0.6 is 11.3 Å². The zero-order valence-electron chi connectivity index (χ0n) is 12.1. The van der Waals surface area contributed by atoms with Crippen molar-refractivity contribution in [2.24, 2.45) is 0 Å². The van der Waals surface area contributed by atoms with E-state index in [1.54, 1.807) is 18.4 Å². The van der Waals surface area contributed by atoms with Gasteiger partial charge in [0.2, 0.25) is 0 Å². The highest BCUT2D eigenvalue weighted by molar-refractivity contribution is 7.13. The van der Waals surface area contributed by atoms with Crippen LogP contribution in [0.15, 0.2) is 23.6 Å². The molecule has 2 aromatic rings. The minimum absolute atomic E-state index is 0.683. The van der Waals surface area contributed by atoms with Crippen molar-refractivity contribution in [1.82, 2.24) is 10.3 Å². The van der Waals surface area contributed by atoms with Crippen molar-refractivity contribution in [2.45, 2.75) is 19.9 Å². The lowest BCUT2D eigenvalue weighted by atomic mass is 10.2. The summed E-state index contributed by atoms with van der Waals surface area (Å²) in [6.45, 7) is 3.55. The van der Waals surface area contributed by atoms with E-state index in [1.165, 1.54) is 0 Å². The number of rotatable bonds is 7. The molecule has 5 heteroatoms. The van der Waals surface area contributed by atoms with Gasteiger partial charge in [0.15, 0.2) is 11.5 Å². The maximum Gasteiger partial charge on any atom is 0.161 e. The highest BCUT2D eigenvalue weighted by atomic mass is 32.1. The molecule has 0 radical (unpaired) electrons. The van der Waals surface area contributed by atoms with E-state index in [9.17, 15) is 0 Å². The Hall–Kier alpha value is -1.59. The predicted octanol–water partition coefficient (Wildman–Crippen LogP) is 3.33. The lowest BCUT2D eigenvalue weighted by Crippen LogP contribution is -2.04. The zero-order valence-corrected chi connectivity index (χ0v) is 12.9. The van der Waals surface area contributed by atoms with Gasteiger partial charge in [0.25, 0.3) is 0 Å². The van der Waals surface area contributed by atoms with Crippen LogP contribution in [-0.2, 0) is 6.54 Å². The largest absolute Gasteiger partial charge is 0.493 e. The number of thiazole rings is 1. The van der Waals surface area contributed by atoms with Crippen molar-refractivity contribution in [2.75, 3.05) is 20.8 Å². The molecule has 0 unspecified atom stereocenters. The third kappa shape index (κ3) is 3.49. The monoisotopic (exact) mass is 292 g/mol. The molecule has 0 fully saturated rings. The fourth-order valence-corrected chi connectivity index (χ4v) is 2.65. The second-order valence-corrected chi connectivity index (χ2v) is 5.25. The van der Waals surface area contributed by atoms with Gasteiger partial charge >= 0.3 is 0 Å². The first kappa shape index (κ1) is 14.8. The van der Waals surface area contributed by atoms with Gasteiger partial charge in [0, 0.05) is 17.5 Å². The molecule has 0 saturated carbocycles. The number of hydrogen-bond acceptors (Lipinski definition) is 5. The van der Waals surface area contributed by atoms with Gasteiger partial charge in [-0.2, -0.15) is 0 Å². The van der Waals surface area contributed by atoms with Gasteiger partial charge in [0.1, 0.15) is 5.01 Å². The van der Waals surface area contributed by atoms with E-state index in [-0.39, 0.29) is 0 Å². The number of aromatic nitrogens is 1. The summed E-state index contributed by atoms with van der Waals surface area (Å²) >= 11 is 1.64. The summed E-state index contributed by atoms with van der Waals surface area (Å²) in [5.74, 6) is 1.53. The van der Waals surface area contributed by atoms with Gasteiger partial charge in [-0.05, 0) is 31.7 Å². The third-order valence-corrected chi connectivity index (χ3v) is 3.72. The van der Waals surface area contributed by atoms with Gasteiger partial charge in [-0.25, -0.2) is 4.98 Å². The molecule has 0 saturated heterocycles. The van der Waals surface area contributed by atoms with E-state index in [1.807, 2.05) is 25.2 Å². The molecule has 0 spiro atoms. The Bertz CT molecular complexity index is 555. The summed E-state index contributed by atoms with van der Waals surface area (Å²) < 4.78 is 11.1. The first-order valence-corrected chi connectivity index (χ1v) is 7.56. The molecule has 1 heterocycles. The average Bonchev–Trinajstić information content (AvgIpc) is 2.94. The predicted molar refractivity (Wildman–Crippen MR) is 82.7 cm³/mol. The summed E-state index contributed by atoms with van der Waals surface area (Å²) in [5.41, 5.74) is 2.11. The molecule has 2 rings (SSSR count). The number of nitrogens with zero attached hydrogens (tertiary/aromatic N) is 1. The van der Waals surface area contributed by atoms with E-state index >= 15 is 0 Å². The molecule has 108 valence electrons. The summed E-state index contributed by atoms with van der Waals surface area (Å²) in [4.78, 5) is 4.61. The first-order chi connectivity index (χ1) is 9.78. The van der Waals surface area contributed by atoms with Crippen molar-refractivity contribution >= 4 is 11.3 Å². The topological polar surface area (TPSA) is 43.4 Å². The minimum atomic E-state index is 0.683. The molecule has 20 heavy (non-hydrogen) atoms. The fraction of sp³-hybridized carbons (Fsp3) is 0.400. The second kappa shape index (κ2) is 7.26. The number of nitrogens with one attached hydrogen (secondary N) is 1. The van der Waals surface area contributed by atoms with Crippen LogP contribution in [0, 0.1) is 0 Å². The Morgan fingerprint density at radius 1 is 1.30 bits per heavy atom. The Kier molecular flexibility index (Phi) is 5.38. The molecule has 1 aromatic heterocycles. The standard InChI is InChI=1S/C15H20N2O2S/c1-4-7-19-14-8-11(5-6-13(14)18-3)15-17-12(9-16-2)10-20-15/h5-6,8,10,16H,4,7,9H2,1-3H3. The van der Waals surface area contributed by atoms with Crippen molar-refractivity contribution in [3.63, 3.8) is 0 Å². The SMILES string of the molecule is CCCOc1cc(-c2nc(CNC)cs2)ccc1OC. The molecule has 0 aliphatic heterocycles. The maximum atomic E-state index is 5.73. The van der Waals surface area contributed by atoms with Crippen molar-refractivity contribution in [3.8, 4) is 22.1 Å². The number of ether oxygens (including phenoxy) is 2. The number of methoxy groups -OCH3 is 1. The molecule has 0 aliphatic rings. The molecule has 0 aliphatic carbocycles. The normalized spacial score (nSPS) is 10.6. The Labute approximate surface area is 123 Å². The van der Waals surface area contributed by atoms with E-state index in [2.05, 4.69) is 22.6 Å². The van der Waals surface area contributed by atoms with Crippen LogP contribution < -0.4 is 14.8 Å². The van der Waals surface area contributed by atoms with Crippen LogP contribution in [0.25, 0.3) is 10.6 Å². The summed E-state index contributed by atoms with van der Waals surface area (Å²) in [7, 11) is 3.57. The molecule has 0 bridgehead atoms. The van der Waals surface area contributed by atoms with Crippen molar-refractivity contribution in [3.05, 3.63) is 29.3 Å². The lowest BCUT2D eigenvalue weighted by Gasteiger charge is -2.10. The molecule has 0 amide bonds. The van der Waals surface area contributed by atoms with Gasteiger partial charge in [-0.3, -0.25) is 0 Å². The molecule has 4 nitrogen and oxygen atoms in total. The Balaban J connectivity index is 2.26. The Morgan fingerprint density at radius 3 is 2.85 bits per heavy atom. The zero-order chi connectivity index (χ0) is 14.4. The summed E-state index contributed by atoms with van der Waals surface area (Å²) in [6.07, 6.45) is 0.969. The average molecular weight is 292 g/mol. The highest BCUT2D eigenvalue weighted by Crippen LogP contribution is 2.33. The van der Waals surface area contributed by atoms with Crippen LogP contribution in [0.1, 0.15) is 19.0 Å². The quantitative estimate of drug-likeness (QED) is 0.850. The minimum Gasteiger partial charge on any atom is -0.493 e. The molecular formula is C15H20N2O2S. The van der Waals surface area contributed by atoms with E-state index < -0.39 is 0 Å². The fourth-order valence-electron chi connectivity index (χ4n) is 1.84. The molecule has 1 aromatic carbocycles. The lowest BCUT2D eigenvalue weighted by molar-refractivity contribution is 0.294. The van der Waals surface area contributed by atoms with Crippen LogP contribution in [0.4, 0.5) is 0 Å². The summed E-state index contributed by atoms with van der Waals surface area (Å²) in [6, 6.07) is 5.94. The van der Waals surface area contributed by atoms with Crippen LogP contribution in [0.2, 0.25) is 0 Å².